The Balaban J connectivity index is 1.98. The van der Waals surface area contributed by atoms with Crippen LogP contribution in [0.4, 0.5) is 5.69 Å². The van der Waals surface area contributed by atoms with Gasteiger partial charge in [-0.1, -0.05) is 30.1 Å². The lowest BCUT2D eigenvalue weighted by Gasteiger charge is -2.21. The van der Waals surface area contributed by atoms with Crippen LogP contribution in [0.5, 0.6) is 0 Å². The van der Waals surface area contributed by atoms with Crippen molar-refractivity contribution in [2.75, 3.05) is 31.6 Å². The average Bonchev–Trinajstić information content (AvgIpc) is 2.58. The second-order valence-electron chi connectivity index (χ2n) is 5.96. The molecule has 0 aliphatic rings. The predicted octanol–water partition coefficient (Wildman–Crippen LogP) is 4.44. The highest BCUT2D eigenvalue weighted by atomic mass is 35.5. The fourth-order valence-corrected chi connectivity index (χ4v) is 3.18. The molecule has 0 saturated carbocycles. The van der Waals surface area contributed by atoms with Crippen molar-refractivity contribution in [2.45, 2.75) is 32.7 Å². The standard InChI is InChI=1S/C18H25Cl2N3O/c1-3-23(11-12-24)10-4-5-13(2)22-16-8-9-21-18-14(16)6-7-15(19)17(18)20/h6-9,13,24H,3-5,10-12H2,1-2H3,(H,21,22). The normalized spacial score (nSPS) is 12.8. The van der Waals surface area contributed by atoms with Gasteiger partial charge in [0.05, 0.1) is 22.2 Å². The second kappa shape index (κ2) is 9.42. The number of nitrogens with one attached hydrogen (secondary N) is 1. The van der Waals surface area contributed by atoms with Gasteiger partial charge in [-0.05, 0) is 51.1 Å². The smallest absolute Gasteiger partial charge is 0.0924 e. The van der Waals surface area contributed by atoms with Crippen LogP contribution in [0.2, 0.25) is 10.0 Å². The molecule has 0 radical (unpaired) electrons. The van der Waals surface area contributed by atoms with Gasteiger partial charge in [0.2, 0.25) is 0 Å². The Bertz CT molecular complexity index is 666. The fourth-order valence-electron chi connectivity index (χ4n) is 2.81. The molecular weight excluding hydrogens is 345 g/mol. The maximum Gasteiger partial charge on any atom is 0.0924 e. The van der Waals surface area contributed by atoms with Gasteiger partial charge in [-0.25, -0.2) is 0 Å². The number of fused-ring (bicyclic) bond motifs is 1. The predicted molar refractivity (Wildman–Crippen MR) is 103 cm³/mol. The van der Waals surface area contributed by atoms with Crippen molar-refractivity contribution in [1.29, 1.82) is 0 Å². The Kier molecular flexibility index (Phi) is 7.56. The van der Waals surface area contributed by atoms with E-state index in [-0.39, 0.29) is 6.61 Å². The van der Waals surface area contributed by atoms with Crippen LogP contribution in [0.15, 0.2) is 24.4 Å². The average molecular weight is 370 g/mol. The van der Waals surface area contributed by atoms with Gasteiger partial charge in [0, 0.05) is 29.9 Å². The molecule has 6 heteroatoms. The topological polar surface area (TPSA) is 48.4 Å². The molecule has 0 spiro atoms. The molecule has 2 N–H and O–H groups in total. The number of aromatic nitrogens is 1. The molecule has 0 aliphatic carbocycles. The summed E-state index contributed by atoms with van der Waals surface area (Å²) in [5.74, 6) is 0. The van der Waals surface area contributed by atoms with Crippen molar-refractivity contribution in [3.05, 3.63) is 34.4 Å². The molecule has 0 saturated heterocycles. The van der Waals surface area contributed by atoms with E-state index in [1.165, 1.54) is 0 Å². The molecule has 1 aromatic heterocycles. The number of likely N-dealkylation sites (N-methyl/N-ethyl adjacent to an activating group) is 1. The first-order chi connectivity index (χ1) is 11.6. The lowest BCUT2D eigenvalue weighted by atomic mass is 10.1. The zero-order chi connectivity index (χ0) is 17.5. The molecule has 0 fully saturated rings. The summed E-state index contributed by atoms with van der Waals surface area (Å²) in [5.41, 5.74) is 1.75. The number of aliphatic hydroxyl groups is 1. The van der Waals surface area contributed by atoms with Crippen LogP contribution in [0, 0.1) is 0 Å². The van der Waals surface area contributed by atoms with E-state index in [0.717, 1.165) is 49.1 Å². The molecule has 4 nitrogen and oxygen atoms in total. The zero-order valence-electron chi connectivity index (χ0n) is 14.2. The summed E-state index contributed by atoms with van der Waals surface area (Å²) in [6, 6.07) is 6.05. The number of hydrogen-bond acceptors (Lipinski definition) is 4. The van der Waals surface area contributed by atoms with Crippen molar-refractivity contribution in [3.63, 3.8) is 0 Å². The first-order valence-corrected chi connectivity index (χ1v) is 9.14. The molecule has 1 heterocycles. The third-order valence-corrected chi connectivity index (χ3v) is 4.98. The molecule has 1 aromatic carbocycles. The number of aliphatic hydroxyl groups excluding tert-OH is 1. The van der Waals surface area contributed by atoms with E-state index >= 15 is 0 Å². The summed E-state index contributed by atoms with van der Waals surface area (Å²) >= 11 is 12.3. The number of benzene rings is 1. The molecule has 2 aromatic rings. The van der Waals surface area contributed by atoms with E-state index in [4.69, 9.17) is 28.3 Å². The minimum absolute atomic E-state index is 0.216. The minimum atomic E-state index is 0.216. The number of halogens is 2. The highest BCUT2D eigenvalue weighted by Gasteiger charge is 2.11. The number of anilines is 1. The first kappa shape index (κ1) is 19.3. The SMILES string of the molecule is CCN(CCO)CCCC(C)Nc1ccnc2c(Cl)c(Cl)ccc12. The van der Waals surface area contributed by atoms with Gasteiger partial charge in [-0.3, -0.25) is 4.98 Å². The van der Waals surface area contributed by atoms with Crippen LogP contribution < -0.4 is 5.32 Å². The fraction of sp³-hybridized carbons (Fsp3) is 0.500. The number of nitrogens with zero attached hydrogens (tertiary/aromatic N) is 2. The van der Waals surface area contributed by atoms with Crippen LogP contribution in [0.1, 0.15) is 26.7 Å². The summed E-state index contributed by atoms with van der Waals surface area (Å²) in [4.78, 5) is 6.60. The van der Waals surface area contributed by atoms with Gasteiger partial charge in [0.25, 0.3) is 0 Å². The summed E-state index contributed by atoms with van der Waals surface area (Å²) < 4.78 is 0. The van der Waals surface area contributed by atoms with E-state index in [9.17, 15) is 0 Å². The van der Waals surface area contributed by atoms with Crippen molar-refractivity contribution in [2.24, 2.45) is 0 Å². The Hall–Kier alpha value is -1.07. The van der Waals surface area contributed by atoms with E-state index in [0.29, 0.717) is 16.1 Å². The lowest BCUT2D eigenvalue weighted by Crippen LogP contribution is -2.28. The van der Waals surface area contributed by atoms with Crippen molar-refractivity contribution >= 4 is 39.8 Å². The van der Waals surface area contributed by atoms with Gasteiger partial charge >= 0.3 is 0 Å². The van der Waals surface area contributed by atoms with Gasteiger partial charge in [0.1, 0.15) is 0 Å². The van der Waals surface area contributed by atoms with Gasteiger partial charge in [-0.15, -0.1) is 0 Å². The van der Waals surface area contributed by atoms with E-state index in [1.807, 2.05) is 12.1 Å². The lowest BCUT2D eigenvalue weighted by molar-refractivity contribution is 0.199. The largest absolute Gasteiger partial charge is 0.395 e. The maximum absolute atomic E-state index is 9.03. The summed E-state index contributed by atoms with van der Waals surface area (Å²) in [7, 11) is 0. The Morgan fingerprint density at radius 3 is 2.75 bits per heavy atom. The molecule has 1 unspecified atom stereocenters. The quantitative estimate of drug-likeness (QED) is 0.685. The van der Waals surface area contributed by atoms with Crippen LogP contribution in [-0.2, 0) is 0 Å². The summed E-state index contributed by atoms with van der Waals surface area (Å²) in [6.45, 7) is 7.22. The van der Waals surface area contributed by atoms with E-state index in [2.05, 4.69) is 29.0 Å². The van der Waals surface area contributed by atoms with E-state index in [1.54, 1.807) is 12.3 Å². The van der Waals surface area contributed by atoms with Crippen molar-refractivity contribution in [1.82, 2.24) is 9.88 Å². The summed E-state index contributed by atoms with van der Waals surface area (Å²) in [6.07, 6.45) is 3.88. The maximum atomic E-state index is 9.03. The second-order valence-corrected chi connectivity index (χ2v) is 6.75. The van der Waals surface area contributed by atoms with Crippen LogP contribution >= 0.6 is 23.2 Å². The van der Waals surface area contributed by atoms with Gasteiger partial charge < -0.3 is 15.3 Å². The minimum Gasteiger partial charge on any atom is -0.395 e. The molecule has 0 amide bonds. The molecule has 24 heavy (non-hydrogen) atoms. The van der Waals surface area contributed by atoms with Crippen molar-refractivity contribution < 1.29 is 5.11 Å². The third-order valence-electron chi connectivity index (χ3n) is 4.18. The van der Waals surface area contributed by atoms with Gasteiger partial charge in [-0.2, -0.15) is 0 Å². The molecular formula is C18H25Cl2N3O. The molecule has 0 bridgehead atoms. The van der Waals surface area contributed by atoms with Gasteiger partial charge in [0.15, 0.2) is 0 Å². The Morgan fingerprint density at radius 1 is 1.25 bits per heavy atom. The van der Waals surface area contributed by atoms with Crippen LogP contribution in [-0.4, -0.2) is 47.3 Å². The highest BCUT2D eigenvalue weighted by Crippen LogP contribution is 2.33. The van der Waals surface area contributed by atoms with Crippen LogP contribution in [0.3, 0.4) is 0 Å². The molecule has 132 valence electrons. The first-order valence-electron chi connectivity index (χ1n) is 8.39. The third kappa shape index (κ3) is 4.96. The zero-order valence-corrected chi connectivity index (χ0v) is 15.7. The Labute approximate surface area is 153 Å². The molecule has 1 atom stereocenters. The number of pyridine rings is 1. The molecule has 0 aliphatic heterocycles. The highest BCUT2D eigenvalue weighted by molar-refractivity contribution is 6.45. The molecule has 2 rings (SSSR count). The summed E-state index contributed by atoms with van der Waals surface area (Å²) in [5, 5.41) is 14.6. The number of hydrogen-bond donors (Lipinski definition) is 2. The Morgan fingerprint density at radius 2 is 2.04 bits per heavy atom. The monoisotopic (exact) mass is 369 g/mol. The van der Waals surface area contributed by atoms with E-state index < -0.39 is 0 Å². The van der Waals surface area contributed by atoms with Crippen LogP contribution in [0.25, 0.3) is 10.9 Å². The van der Waals surface area contributed by atoms with Crippen molar-refractivity contribution in [3.8, 4) is 0 Å². The number of rotatable bonds is 9.